The fraction of sp³-hybridized carbons (Fsp3) is 0.220. The first kappa shape index (κ1) is 37.3. The molecule has 0 aliphatic heterocycles. The van der Waals surface area contributed by atoms with Crippen LogP contribution in [-0.2, 0) is 32.6 Å². The normalized spacial score (nSPS) is 12.4. The summed E-state index contributed by atoms with van der Waals surface area (Å²) < 4.78 is 36.7. The molecule has 5 rings (SSSR count). The van der Waals surface area contributed by atoms with E-state index < -0.39 is 28.5 Å². The van der Waals surface area contributed by atoms with Crippen molar-refractivity contribution in [2.45, 2.75) is 57.1 Å². The zero-order chi connectivity index (χ0) is 36.4. The van der Waals surface area contributed by atoms with Gasteiger partial charge in [-0.2, -0.15) is 0 Å². The number of benzene rings is 5. The molecule has 8 nitrogen and oxygen atoms in total. The number of hydrogen-bond acceptors (Lipinski definition) is 5. The van der Waals surface area contributed by atoms with Crippen LogP contribution >= 0.6 is 15.9 Å². The molecule has 264 valence electrons. The fourth-order valence-corrected chi connectivity index (χ4v) is 7.36. The number of nitrogens with one attached hydrogen (secondary N) is 1. The molecule has 5 aromatic carbocycles. The molecule has 0 aliphatic carbocycles. The fourth-order valence-electron chi connectivity index (χ4n) is 5.50. The van der Waals surface area contributed by atoms with Crippen LogP contribution in [0.4, 0.5) is 5.69 Å². The van der Waals surface area contributed by atoms with Gasteiger partial charge in [0.25, 0.3) is 10.0 Å². The first-order valence-corrected chi connectivity index (χ1v) is 19.1. The third kappa shape index (κ3) is 10.1. The van der Waals surface area contributed by atoms with Crippen molar-refractivity contribution in [3.63, 3.8) is 0 Å². The summed E-state index contributed by atoms with van der Waals surface area (Å²) >= 11 is 3.52. The van der Waals surface area contributed by atoms with Crippen molar-refractivity contribution < 1.29 is 22.7 Å². The maximum atomic E-state index is 14.8. The van der Waals surface area contributed by atoms with Crippen molar-refractivity contribution >= 4 is 43.5 Å². The van der Waals surface area contributed by atoms with Crippen LogP contribution in [0.3, 0.4) is 0 Å². The second kappa shape index (κ2) is 17.3. The van der Waals surface area contributed by atoms with E-state index in [-0.39, 0.29) is 35.5 Å². The van der Waals surface area contributed by atoms with E-state index in [2.05, 4.69) is 21.2 Å². The lowest BCUT2D eigenvalue weighted by molar-refractivity contribution is -0.140. The highest BCUT2D eigenvalue weighted by Crippen LogP contribution is 2.29. The van der Waals surface area contributed by atoms with Crippen LogP contribution in [0, 0.1) is 6.92 Å². The van der Waals surface area contributed by atoms with Gasteiger partial charge in [0.15, 0.2) is 0 Å². The van der Waals surface area contributed by atoms with Crippen molar-refractivity contribution in [1.29, 1.82) is 0 Å². The van der Waals surface area contributed by atoms with Gasteiger partial charge in [-0.05, 0) is 92.1 Å². The molecule has 0 saturated heterocycles. The van der Waals surface area contributed by atoms with Crippen LogP contribution in [0.25, 0.3) is 0 Å². The highest BCUT2D eigenvalue weighted by atomic mass is 79.9. The van der Waals surface area contributed by atoms with E-state index >= 15 is 0 Å². The molecule has 0 saturated carbocycles. The van der Waals surface area contributed by atoms with Gasteiger partial charge in [0, 0.05) is 23.5 Å². The number of hydrogen-bond donors (Lipinski definition) is 1. The van der Waals surface area contributed by atoms with E-state index in [9.17, 15) is 18.0 Å². The van der Waals surface area contributed by atoms with Gasteiger partial charge in [0.2, 0.25) is 11.8 Å². The molecule has 0 spiro atoms. The Kier molecular flexibility index (Phi) is 12.7. The number of aryl methyl sites for hydroxylation is 1. The van der Waals surface area contributed by atoms with Crippen molar-refractivity contribution in [2.75, 3.05) is 10.8 Å². The Hall–Kier alpha value is -4.93. The number of nitrogens with zero attached hydrogens (tertiary/aromatic N) is 2. The maximum absolute atomic E-state index is 14.8. The predicted molar refractivity (Wildman–Crippen MR) is 205 cm³/mol. The average Bonchev–Trinajstić information content (AvgIpc) is 3.13. The SMILES string of the molecule is CC[C@@H](C)NC(=O)[C@H](Cc1ccccc1)N(Cc1cccc(Br)c1)C(=O)CN(c1ccc(Oc2ccccc2)cc1)S(=O)(=O)c1ccc(C)cc1. The van der Waals surface area contributed by atoms with Crippen LogP contribution in [0.2, 0.25) is 0 Å². The topological polar surface area (TPSA) is 96.0 Å². The number of sulfonamides is 1. The predicted octanol–water partition coefficient (Wildman–Crippen LogP) is 8.30. The summed E-state index contributed by atoms with van der Waals surface area (Å²) in [6, 6.07) is 38.3. The van der Waals surface area contributed by atoms with Crippen molar-refractivity contribution in [3.8, 4) is 11.5 Å². The number of halogens is 1. The quantitative estimate of drug-likeness (QED) is 0.116. The lowest BCUT2D eigenvalue weighted by Gasteiger charge is -2.34. The highest BCUT2D eigenvalue weighted by molar-refractivity contribution is 9.10. The minimum Gasteiger partial charge on any atom is -0.457 e. The van der Waals surface area contributed by atoms with Gasteiger partial charge in [-0.15, -0.1) is 0 Å². The molecule has 0 radical (unpaired) electrons. The second-order valence-corrected chi connectivity index (χ2v) is 15.2. The third-order valence-corrected chi connectivity index (χ3v) is 10.8. The maximum Gasteiger partial charge on any atom is 0.264 e. The Morgan fingerprint density at radius 2 is 1.39 bits per heavy atom. The van der Waals surface area contributed by atoms with Crippen LogP contribution in [0.1, 0.15) is 37.0 Å². The van der Waals surface area contributed by atoms with Gasteiger partial charge >= 0.3 is 0 Å². The zero-order valence-electron chi connectivity index (χ0n) is 28.9. The lowest BCUT2D eigenvalue weighted by atomic mass is 10.0. The summed E-state index contributed by atoms with van der Waals surface area (Å²) in [4.78, 5) is 30.3. The van der Waals surface area contributed by atoms with Gasteiger partial charge in [0.05, 0.1) is 10.6 Å². The number of carbonyl (C=O) groups excluding carboxylic acids is 2. The summed E-state index contributed by atoms with van der Waals surface area (Å²) in [6.07, 6.45) is 0.939. The standard InChI is InChI=1S/C41H42BrN3O5S/c1-4-31(3)43-41(47)39(27-32-12-7-5-8-13-32)44(28-33-14-11-15-34(42)26-33)40(46)29-45(51(48,49)38-24-18-30(2)19-25-38)35-20-22-37(23-21-35)50-36-16-9-6-10-17-36/h5-26,31,39H,4,27-29H2,1-3H3,(H,43,47)/t31-,39+/m1/s1. The third-order valence-electron chi connectivity index (χ3n) is 8.51. The molecule has 5 aromatic rings. The Morgan fingerprint density at radius 1 is 0.784 bits per heavy atom. The molecular weight excluding hydrogens is 726 g/mol. The molecule has 0 aliphatic rings. The monoisotopic (exact) mass is 767 g/mol. The van der Waals surface area contributed by atoms with E-state index in [1.807, 2.05) is 106 Å². The van der Waals surface area contributed by atoms with Gasteiger partial charge in [-0.25, -0.2) is 8.42 Å². The van der Waals surface area contributed by atoms with E-state index in [1.54, 1.807) is 36.4 Å². The summed E-state index contributed by atoms with van der Waals surface area (Å²) in [5, 5.41) is 3.07. The van der Waals surface area contributed by atoms with E-state index in [1.165, 1.54) is 17.0 Å². The Morgan fingerprint density at radius 3 is 2.02 bits per heavy atom. The Balaban J connectivity index is 1.56. The first-order valence-electron chi connectivity index (χ1n) is 16.8. The van der Waals surface area contributed by atoms with Gasteiger partial charge < -0.3 is 15.0 Å². The molecule has 2 atom stereocenters. The van der Waals surface area contributed by atoms with Crippen LogP contribution in [0.5, 0.6) is 11.5 Å². The van der Waals surface area contributed by atoms with E-state index in [4.69, 9.17) is 4.74 Å². The number of para-hydroxylation sites is 1. The lowest BCUT2D eigenvalue weighted by Crippen LogP contribution is -2.54. The molecule has 51 heavy (non-hydrogen) atoms. The molecule has 2 amide bonds. The Bertz CT molecular complexity index is 2010. The minimum absolute atomic E-state index is 0.0411. The molecule has 0 bridgehead atoms. The summed E-state index contributed by atoms with van der Waals surface area (Å²) in [7, 11) is -4.24. The largest absolute Gasteiger partial charge is 0.457 e. The number of rotatable bonds is 15. The van der Waals surface area contributed by atoms with Crippen LogP contribution in [0.15, 0.2) is 143 Å². The molecule has 0 unspecified atom stereocenters. The molecule has 0 fully saturated rings. The van der Waals surface area contributed by atoms with Gasteiger partial charge in [-0.3, -0.25) is 13.9 Å². The van der Waals surface area contributed by atoms with Gasteiger partial charge in [0.1, 0.15) is 24.1 Å². The number of anilines is 1. The molecule has 0 heterocycles. The van der Waals surface area contributed by atoms with Crippen molar-refractivity contribution in [2.24, 2.45) is 0 Å². The summed E-state index contributed by atoms with van der Waals surface area (Å²) in [5.74, 6) is 0.292. The number of carbonyl (C=O) groups is 2. The number of amides is 2. The highest BCUT2D eigenvalue weighted by Gasteiger charge is 2.35. The molecule has 1 N–H and O–H groups in total. The van der Waals surface area contributed by atoms with Crippen LogP contribution in [-0.4, -0.2) is 43.8 Å². The first-order chi connectivity index (χ1) is 24.5. The zero-order valence-corrected chi connectivity index (χ0v) is 31.3. The van der Waals surface area contributed by atoms with E-state index in [0.29, 0.717) is 17.9 Å². The molecular formula is C41H42BrN3O5S. The van der Waals surface area contributed by atoms with Crippen molar-refractivity contribution in [3.05, 3.63) is 155 Å². The van der Waals surface area contributed by atoms with Gasteiger partial charge in [-0.1, -0.05) is 101 Å². The molecule has 10 heteroatoms. The van der Waals surface area contributed by atoms with Crippen molar-refractivity contribution in [1.82, 2.24) is 10.2 Å². The summed E-state index contributed by atoms with van der Waals surface area (Å²) in [6.45, 7) is 5.29. The van der Waals surface area contributed by atoms with E-state index in [0.717, 1.165) is 25.5 Å². The molecule has 0 aromatic heterocycles. The average molecular weight is 769 g/mol. The Labute approximate surface area is 309 Å². The minimum atomic E-state index is -4.24. The number of ether oxygens (including phenoxy) is 1. The summed E-state index contributed by atoms with van der Waals surface area (Å²) in [5.41, 5.74) is 2.82. The second-order valence-electron chi connectivity index (χ2n) is 12.4. The van der Waals surface area contributed by atoms with Crippen LogP contribution < -0.4 is 14.4 Å². The smallest absolute Gasteiger partial charge is 0.264 e.